The fourth-order valence-corrected chi connectivity index (χ4v) is 22.0. The molecule has 0 unspecified atom stereocenters. The number of hydrogen-bond acceptors (Lipinski definition) is 10. The monoisotopic (exact) mass is 1770 g/mol. The van der Waals surface area contributed by atoms with Crippen molar-refractivity contribution in [1.82, 2.24) is 34.9 Å². The highest BCUT2D eigenvalue weighted by atomic mass is 32.1. The predicted octanol–water partition coefficient (Wildman–Crippen LogP) is 34.7. The topological polar surface area (TPSA) is 90.2 Å². The second-order valence-electron chi connectivity index (χ2n) is 33.7. The highest BCUT2D eigenvalue weighted by Crippen LogP contribution is 2.47. The second-order valence-corrected chi connectivity index (χ2v) is 36.9. The molecule has 10 heteroatoms. The summed E-state index contributed by atoms with van der Waals surface area (Å²) in [6.45, 7) is 0. The number of hydrogen-bond donors (Lipinski definition) is 0. The maximum atomic E-state index is 5.31. The molecular formula is C125H79N7S3. The molecule has 0 saturated carbocycles. The first-order valence-corrected chi connectivity index (χ1v) is 47.7. The molecule has 7 heterocycles. The summed E-state index contributed by atoms with van der Waals surface area (Å²) < 4.78 is 7.48. The lowest BCUT2D eigenvalue weighted by Crippen LogP contribution is -1.96. The highest BCUT2D eigenvalue weighted by Gasteiger charge is 2.23. The van der Waals surface area contributed by atoms with E-state index in [0.717, 1.165) is 145 Å². The van der Waals surface area contributed by atoms with Crippen molar-refractivity contribution in [2.24, 2.45) is 0 Å². The van der Waals surface area contributed by atoms with Crippen LogP contribution in [0.15, 0.2) is 479 Å². The fraction of sp³-hybridized carbons (Fsp3) is 0. The summed E-state index contributed by atoms with van der Waals surface area (Å²) in [6, 6.07) is 169. The van der Waals surface area contributed by atoms with Gasteiger partial charge >= 0.3 is 0 Å². The number of benzene rings is 19. The van der Waals surface area contributed by atoms with E-state index in [1.807, 2.05) is 53.0 Å². The summed E-state index contributed by atoms with van der Waals surface area (Å²) >= 11 is 5.43. The summed E-state index contributed by atoms with van der Waals surface area (Å²) in [5, 5.41) is 10.6. The van der Waals surface area contributed by atoms with Gasteiger partial charge in [0.2, 0.25) is 0 Å². The zero-order chi connectivity index (χ0) is 89.5. The van der Waals surface area contributed by atoms with Crippen LogP contribution in [0.2, 0.25) is 0 Å². The van der Waals surface area contributed by atoms with Crippen LogP contribution < -0.4 is 0 Å². The lowest BCUT2D eigenvalue weighted by atomic mass is 9.96. The molecule has 0 aliphatic carbocycles. The quantitative estimate of drug-likeness (QED) is 0.107. The molecule has 0 spiro atoms. The number of nitrogens with zero attached hydrogens (tertiary/aromatic N) is 7. The van der Waals surface area contributed by atoms with E-state index in [-0.39, 0.29) is 0 Å². The van der Waals surface area contributed by atoms with Gasteiger partial charge in [0, 0.05) is 116 Å². The molecule has 135 heavy (non-hydrogen) atoms. The van der Waals surface area contributed by atoms with Gasteiger partial charge in [0.05, 0.1) is 49.7 Å². The van der Waals surface area contributed by atoms with Gasteiger partial charge in [0.25, 0.3) is 0 Å². The normalized spacial score (nSPS) is 11.4. The molecule has 0 fully saturated rings. The van der Waals surface area contributed by atoms with Crippen LogP contribution in [0.1, 0.15) is 0 Å². The number of thiophene rings is 3. The van der Waals surface area contributed by atoms with Crippen LogP contribution in [0, 0.1) is 0 Å². The Morgan fingerprint density at radius 2 is 0.400 bits per heavy atom. The molecule has 7 nitrogen and oxygen atoms in total. The van der Waals surface area contributed by atoms with Crippen molar-refractivity contribution < 1.29 is 0 Å². The molecule has 0 bridgehead atoms. The molecule has 0 aliphatic rings. The van der Waals surface area contributed by atoms with Gasteiger partial charge in [-0.3, -0.25) is 0 Å². The van der Waals surface area contributed by atoms with Gasteiger partial charge in [-0.1, -0.05) is 388 Å². The van der Waals surface area contributed by atoms with E-state index >= 15 is 0 Å². The number of rotatable bonds is 14. The Labute approximate surface area is 792 Å². The smallest absolute Gasteiger partial charge is 0.160 e. The van der Waals surface area contributed by atoms with Gasteiger partial charge in [-0.05, 0) is 158 Å². The molecule has 0 saturated heterocycles. The largest absolute Gasteiger partial charge is 0.248 e. The Kier molecular flexibility index (Phi) is 21.5. The van der Waals surface area contributed by atoms with Crippen molar-refractivity contribution in [3.63, 3.8) is 0 Å². The summed E-state index contributed by atoms with van der Waals surface area (Å²) in [4.78, 5) is 36.7. The van der Waals surface area contributed by atoms with Crippen LogP contribution in [-0.2, 0) is 0 Å². The maximum absolute atomic E-state index is 5.31. The van der Waals surface area contributed by atoms with E-state index in [4.69, 9.17) is 34.9 Å². The van der Waals surface area contributed by atoms with E-state index in [1.165, 1.54) is 99.5 Å². The number of aromatic nitrogens is 7. The van der Waals surface area contributed by atoms with Crippen molar-refractivity contribution >= 4 is 127 Å². The molecule has 7 aromatic heterocycles. The minimum atomic E-state index is 0.700. The van der Waals surface area contributed by atoms with Crippen LogP contribution in [0.25, 0.3) is 250 Å². The molecule has 19 aromatic carbocycles. The molecule has 632 valence electrons. The molecule has 0 radical (unpaired) electrons. The SMILES string of the molecule is c1ccc(-c2cc(-c3ccccc3)nc(-c3cccc(-c4nc(-c5ccccc5)c5ccc6c7ccccc7sc6c5n4)c3)c2)cc1.c1ccc(-c2ccc(-c3cccc(-c4cccc(-c5nc(-c6ccccc6)c6ccc7sc8ccccc8c7c6n5)c4)c3)cc2)cc1.c1ccc(-c2cccc(-c3cccc(-c4nc(-c5ccccc5)c5ccc6sc7ccccc7c6c5n4)c3)c2)cc1. The number of pyridine rings is 1. The van der Waals surface area contributed by atoms with Crippen molar-refractivity contribution in [3.8, 4) is 157 Å². The summed E-state index contributed by atoms with van der Waals surface area (Å²) in [5.41, 5.74) is 30.1. The molecule has 26 rings (SSSR count). The average Bonchev–Trinajstić information content (AvgIpc) is 1.63. The predicted molar refractivity (Wildman–Crippen MR) is 571 cm³/mol. The third-order valence-electron chi connectivity index (χ3n) is 25.3. The van der Waals surface area contributed by atoms with E-state index in [1.54, 1.807) is 11.3 Å². The van der Waals surface area contributed by atoms with Gasteiger partial charge < -0.3 is 0 Å². The molecular weight excluding hydrogens is 1700 g/mol. The van der Waals surface area contributed by atoms with Gasteiger partial charge in [-0.2, -0.15) is 0 Å². The Morgan fingerprint density at radius 1 is 0.133 bits per heavy atom. The zero-order valence-corrected chi connectivity index (χ0v) is 75.4. The fourth-order valence-electron chi connectivity index (χ4n) is 18.6. The van der Waals surface area contributed by atoms with E-state index < -0.39 is 0 Å². The van der Waals surface area contributed by atoms with Crippen LogP contribution in [0.3, 0.4) is 0 Å². The van der Waals surface area contributed by atoms with Crippen molar-refractivity contribution in [3.05, 3.63) is 479 Å². The van der Waals surface area contributed by atoms with Crippen molar-refractivity contribution in [2.75, 3.05) is 0 Å². The molecule has 0 atom stereocenters. The maximum Gasteiger partial charge on any atom is 0.160 e. The molecule has 26 aromatic rings. The first kappa shape index (κ1) is 81.3. The van der Waals surface area contributed by atoms with E-state index in [0.29, 0.717) is 5.82 Å². The Hall–Kier alpha value is -17.0. The van der Waals surface area contributed by atoms with Crippen LogP contribution in [0.4, 0.5) is 0 Å². The third-order valence-corrected chi connectivity index (χ3v) is 28.7. The van der Waals surface area contributed by atoms with Crippen LogP contribution in [-0.4, -0.2) is 34.9 Å². The average molecular weight is 1780 g/mol. The summed E-state index contributed by atoms with van der Waals surface area (Å²) in [7, 11) is 0. The molecule has 0 aliphatic heterocycles. The molecule has 0 amide bonds. The Morgan fingerprint density at radius 3 is 0.822 bits per heavy atom. The summed E-state index contributed by atoms with van der Waals surface area (Å²) in [6.07, 6.45) is 0. The second kappa shape index (κ2) is 35.7. The minimum absolute atomic E-state index is 0.700. The Balaban J connectivity index is 0.000000111. The minimum Gasteiger partial charge on any atom is -0.248 e. The Bertz CT molecular complexity index is 8900. The lowest BCUT2D eigenvalue weighted by molar-refractivity contribution is 1.23. The first-order valence-electron chi connectivity index (χ1n) is 45.3. The van der Waals surface area contributed by atoms with Crippen LogP contribution in [0.5, 0.6) is 0 Å². The number of fused-ring (bicyclic) bond motifs is 15. The van der Waals surface area contributed by atoms with Crippen LogP contribution >= 0.6 is 34.0 Å². The third kappa shape index (κ3) is 16.0. The van der Waals surface area contributed by atoms with Crippen molar-refractivity contribution in [1.29, 1.82) is 0 Å². The van der Waals surface area contributed by atoms with Gasteiger partial charge in [0.1, 0.15) is 0 Å². The van der Waals surface area contributed by atoms with Crippen molar-refractivity contribution in [2.45, 2.75) is 0 Å². The van der Waals surface area contributed by atoms with Gasteiger partial charge in [0.15, 0.2) is 17.5 Å². The standard InChI is InChI=1S/C44H28N2S.C43H27N3S.C38H24N2S/c1-3-11-29(12-4-1)30-21-23-31(24-22-30)33-15-9-16-34(27-33)35-17-10-18-36(28-35)44-45-42(32-13-5-2-6-14-32)38-25-26-40-41(43(38)46-44)37-19-7-8-20-39(37)47-40;1-4-13-28(14-5-1)33-26-37(29-15-6-2-7-16-29)44-38(27-33)31-19-12-20-32(25-31)43-45-40(30-17-8-3-9-18-30)36-24-23-35-34-21-10-11-22-39(34)47-42(35)41(36)46-43;1-3-11-25(12-4-1)27-15-9-16-28(23-27)29-17-10-18-30(24-29)38-39-36(26-13-5-2-6-14-26)32-21-22-34-35(37(32)40-38)31-19-7-8-20-33(31)41-34/h1-28H;1-27H;1-24H. The summed E-state index contributed by atoms with van der Waals surface area (Å²) in [5.74, 6) is 2.17. The molecule has 0 N–H and O–H groups in total. The van der Waals surface area contributed by atoms with E-state index in [2.05, 4.69) is 449 Å². The lowest BCUT2D eigenvalue weighted by Gasteiger charge is -2.12. The van der Waals surface area contributed by atoms with Gasteiger partial charge in [-0.25, -0.2) is 34.9 Å². The first-order chi connectivity index (χ1) is 66.9. The highest BCUT2D eigenvalue weighted by molar-refractivity contribution is 7.27. The zero-order valence-electron chi connectivity index (χ0n) is 73.0. The van der Waals surface area contributed by atoms with E-state index in [9.17, 15) is 0 Å². The van der Waals surface area contributed by atoms with Gasteiger partial charge in [-0.15, -0.1) is 34.0 Å².